The molecule has 4 aromatic carbocycles. The highest BCUT2D eigenvalue weighted by Crippen LogP contribution is 2.36. The first kappa shape index (κ1) is 98.0. The summed E-state index contributed by atoms with van der Waals surface area (Å²) in [4.78, 5) is 124. The Morgan fingerprint density at radius 3 is 1.32 bits per heavy atom. The van der Waals surface area contributed by atoms with Gasteiger partial charge in [-0.05, 0) is 262 Å². The van der Waals surface area contributed by atoms with Gasteiger partial charge in [0.15, 0.2) is 5.43 Å². The van der Waals surface area contributed by atoms with Crippen molar-refractivity contribution in [1.82, 2.24) is 74.2 Å². The molecule has 26 heteroatoms. The normalized spacial score (nSPS) is 13.8. The van der Waals surface area contributed by atoms with E-state index in [-0.39, 0.29) is 65.7 Å². The van der Waals surface area contributed by atoms with Crippen molar-refractivity contribution in [2.75, 3.05) is 126 Å². The van der Waals surface area contributed by atoms with Gasteiger partial charge in [0, 0.05) is 272 Å². The summed E-state index contributed by atoms with van der Waals surface area (Å²) in [6, 6.07) is 38.7. The number of nitrogens with one attached hydrogen (secondary N) is 6. The predicted molar refractivity (Wildman–Crippen MR) is 546 cm³/mol. The zero-order chi connectivity index (χ0) is 95.6. The molecule has 26 nitrogen and oxygen atoms in total. The van der Waals surface area contributed by atoms with Gasteiger partial charge in [0.25, 0.3) is 29.2 Å². The number of nitrogens with zero attached hydrogens (tertiary/aromatic N) is 13. The lowest BCUT2D eigenvalue weighted by atomic mass is 9.97. The van der Waals surface area contributed by atoms with E-state index in [9.17, 15) is 33.6 Å². The summed E-state index contributed by atoms with van der Waals surface area (Å²) in [5, 5.41) is 18.1. The molecular weight excluding hydrogens is 1680 g/mol. The topological polar surface area (TPSA) is 273 Å². The smallest absolute Gasteiger partial charge is 0.254 e. The maximum Gasteiger partial charge on any atom is 0.254 e. The number of unbranched alkanes of at least 4 members (excludes halogenated alkanes) is 1. The number of hydrogen-bond donors (Lipinski definition) is 6. The van der Waals surface area contributed by atoms with E-state index in [0.29, 0.717) is 57.9 Å². The number of aromatic nitrogens is 8. The van der Waals surface area contributed by atoms with E-state index in [1.54, 1.807) is 13.0 Å². The highest BCUT2D eigenvalue weighted by Gasteiger charge is 2.27. The lowest BCUT2D eigenvalue weighted by Crippen LogP contribution is -2.44. The molecule has 0 radical (unpaired) electrons. The number of carbonyl (C=O) groups excluding carboxylic acids is 5. The van der Waals surface area contributed by atoms with Gasteiger partial charge in [-0.2, -0.15) is 0 Å². The third kappa shape index (κ3) is 23.5. The Morgan fingerprint density at radius 1 is 0.463 bits per heavy atom. The van der Waals surface area contributed by atoms with Gasteiger partial charge >= 0.3 is 0 Å². The van der Waals surface area contributed by atoms with Gasteiger partial charge in [0.05, 0.1) is 0 Å². The van der Waals surface area contributed by atoms with E-state index in [4.69, 9.17) is 15.0 Å². The minimum Gasteiger partial charge on any atom is -0.386 e. The second kappa shape index (κ2) is 45.2. The van der Waals surface area contributed by atoms with Crippen molar-refractivity contribution in [3.63, 3.8) is 0 Å². The molecule has 12 aromatic rings. The maximum absolute atomic E-state index is 14.0. The van der Waals surface area contributed by atoms with Crippen LogP contribution in [0.15, 0.2) is 212 Å². The SMILES string of the molecule is C=CC(=C)NCCCCn1ccc2c(C(=O)NCc3c(CCC)cc(C)[nH]c3=O)cc(-c3ccc(N4CCN(C)CC4)nc3)cc21.C=CC(=O)Nc1cc(C)cc(CCC)c1CNC(=O)c1cc(-c2ccc(N3CCN(C)CC3)nc2)cc2c1ccn2C(C)C.C=CC(=O)n1c(C)cc(=O)c(CNC(=O)c2cc(-c3ccc(N4CCN(C)CC4)nc3)cc3c2ccn3C(C)C)c1CCC. The van der Waals surface area contributed by atoms with Crippen LogP contribution in [0, 0.1) is 20.8 Å². The Labute approximate surface area is 788 Å². The monoisotopic (exact) mass is 1810 g/mol. The van der Waals surface area contributed by atoms with Crippen molar-refractivity contribution < 1.29 is 24.0 Å². The van der Waals surface area contributed by atoms with Gasteiger partial charge in [0.1, 0.15) is 17.5 Å². The Bertz CT molecular complexity index is 6380. The number of hydrogen-bond acceptors (Lipinski definition) is 17. The fraction of sp³-hybridized carbons (Fsp3) is 0.370. The van der Waals surface area contributed by atoms with Crippen LogP contribution >= 0.6 is 0 Å². The maximum atomic E-state index is 14.0. The van der Waals surface area contributed by atoms with Crippen molar-refractivity contribution in [3.05, 3.63) is 290 Å². The number of H-pyrrole nitrogens is 1. The number of aromatic amines is 1. The number of piperazine rings is 3. The molecule has 4 amide bonds. The second-order valence-electron chi connectivity index (χ2n) is 36.1. The summed E-state index contributed by atoms with van der Waals surface area (Å²) < 4.78 is 8.10. The third-order valence-electron chi connectivity index (χ3n) is 25.7. The zero-order valence-electron chi connectivity index (χ0n) is 80.5. The molecule has 0 unspecified atom stereocenters. The molecule has 3 aliphatic rings. The van der Waals surface area contributed by atoms with Gasteiger partial charge in [-0.1, -0.05) is 72.4 Å². The first-order valence-corrected chi connectivity index (χ1v) is 47.3. The summed E-state index contributed by atoms with van der Waals surface area (Å²) in [6.45, 7) is 49.1. The summed E-state index contributed by atoms with van der Waals surface area (Å²) in [6.07, 6.45) is 22.7. The summed E-state index contributed by atoms with van der Waals surface area (Å²) in [5.41, 5.74) is 18.5. The van der Waals surface area contributed by atoms with Crippen molar-refractivity contribution in [2.45, 2.75) is 159 Å². The van der Waals surface area contributed by atoms with Gasteiger partial charge in [-0.25, -0.2) is 15.0 Å². The zero-order valence-corrected chi connectivity index (χ0v) is 80.5. The number of rotatable bonds is 33. The number of allylic oxidation sites excluding steroid dienone is 2. The van der Waals surface area contributed by atoms with Crippen LogP contribution in [-0.4, -0.2) is 189 Å². The molecule has 15 rings (SSSR count). The number of pyridine rings is 5. The Kier molecular flexibility index (Phi) is 33.1. The molecule has 6 N–H and O–H groups in total. The molecule has 3 fully saturated rings. The van der Waals surface area contributed by atoms with Crippen LogP contribution in [0.1, 0.15) is 179 Å². The van der Waals surface area contributed by atoms with Gasteiger partial charge < -0.3 is 74.7 Å². The molecule has 0 saturated carbocycles. The van der Waals surface area contributed by atoms with E-state index in [1.165, 1.54) is 22.8 Å². The van der Waals surface area contributed by atoms with Gasteiger partial charge in [-0.15, -0.1) is 0 Å². The second-order valence-corrected chi connectivity index (χ2v) is 36.1. The van der Waals surface area contributed by atoms with Gasteiger partial charge in [0.2, 0.25) is 5.91 Å². The molecular formula is C108H133N19O7. The van der Waals surface area contributed by atoms with Crippen LogP contribution in [0.2, 0.25) is 0 Å². The number of anilines is 4. The number of aryl methyl sites for hydroxylation is 6. The van der Waals surface area contributed by atoms with Crippen molar-refractivity contribution >= 4 is 85.4 Å². The average molecular weight is 1810 g/mol. The predicted octanol–water partition coefficient (Wildman–Crippen LogP) is 17.0. The van der Waals surface area contributed by atoms with Gasteiger partial charge in [-0.3, -0.25) is 38.1 Å². The molecule has 11 heterocycles. The largest absolute Gasteiger partial charge is 0.386 e. The number of benzene rings is 4. The molecule has 0 spiro atoms. The fourth-order valence-corrected chi connectivity index (χ4v) is 18.1. The van der Waals surface area contributed by atoms with Crippen LogP contribution in [-0.2, 0) is 50.2 Å². The van der Waals surface area contributed by atoms with E-state index < -0.39 is 0 Å². The average Bonchev–Trinajstić information content (AvgIpc) is 1.60. The fourth-order valence-electron chi connectivity index (χ4n) is 18.1. The number of likely N-dealkylation sites (N-methyl/N-ethyl adjacent to an activating group) is 3. The lowest BCUT2D eigenvalue weighted by molar-refractivity contribution is -0.111. The Hall–Kier alpha value is -13.6. The third-order valence-corrected chi connectivity index (χ3v) is 25.7. The Morgan fingerprint density at radius 2 is 0.896 bits per heavy atom. The minimum absolute atomic E-state index is 0.00951. The van der Waals surface area contributed by atoms with Crippen LogP contribution in [0.4, 0.5) is 23.1 Å². The van der Waals surface area contributed by atoms with Crippen molar-refractivity contribution in [1.29, 1.82) is 0 Å². The van der Waals surface area contributed by atoms with E-state index >= 15 is 0 Å². The molecule has 0 atom stereocenters. The first-order chi connectivity index (χ1) is 64.6. The van der Waals surface area contributed by atoms with E-state index in [1.807, 2.05) is 106 Å². The van der Waals surface area contributed by atoms with E-state index in [0.717, 1.165) is 254 Å². The highest BCUT2D eigenvalue weighted by molar-refractivity contribution is 6.11. The number of fused-ring (bicyclic) bond motifs is 3. The van der Waals surface area contributed by atoms with Crippen LogP contribution in [0.3, 0.4) is 0 Å². The van der Waals surface area contributed by atoms with Crippen LogP contribution in [0.5, 0.6) is 0 Å². The molecule has 702 valence electrons. The summed E-state index contributed by atoms with van der Waals surface area (Å²) in [7, 11) is 6.43. The number of amides is 4. The van der Waals surface area contributed by atoms with Crippen LogP contribution < -0.4 is 52.3 Å². The molecule has 3 saturated heterocycles. The minimum atomic E-state index is -0.296. The quantitative estimate of drug-likeness (QED) is 0.0127. The van der Waals surface area contributed by atoms with Crippen molar-refractivity contribution in [3.8, 4) is 33.4 Å². The molecule has 0 bridgehead atoms. The summed E-state index contributed by atoms with van der Waals surface area (Å²) in [5.74, 6) is 1.67. The Balaban J connectivity index is 0.000000170. The molecule has 8 aromatic heterocycles. The lowest BCUT2D eigenvalue weighted by Gasteiger charge is -2.33. The first-order valence-electron chi connectivity index (χ1n) is 47.3. The molecule has 134 heavy (non-hydrogen) atoms. The van der Waals surface area contributed by atoms with Crippen molar-refractivity contribution in [2.24, 2.45) is 0 Å². The molecule has 3 aliphatic heterocycles. The standard InChI is InChI=1S/C37H47N7O2.C36H44N6O2.C35H42N6O3/c1-6-10-28-21-27(4)41-37(46)33(28)25-40-36(45)32-22-30(29-11-12-35(39-24-29)44-19-17-42(5)18-20-44)23-34-31(32)13-16-43(34)15-9-8-14-38-26(3)7-2;1-7-9-26-18-25(5)19-32(39-35(43)8-2)31(26)23-38-36(44)30-20-28(21-33-29(30)12-13-42(33)24(3)4)27-10-11-34(37-22-27)41-16-14-40(6)15-17-41;1-7-9-30-29(32(42)18-24(5)41(30)34(43)8-2)22-37-35(44)28-19-26(20-31-27(28)12-13-40(31)23(3)4)25-10-11-33(36-21-25)39-16-14-38(6)15-17-39/h7,11-13,16,21-24,38H,2-3,6,8-10,14-15,17-20,25H2,1,4-5H3,(H,40,45)(H,41,46);8,10-13,18-22,24H,2,7,9,14-17,23H2,1,3-6H3,(H,38,44)(H,39,43);8,10-13,18-21,23H,2,7,9,14-17,22H2,1,3-6H3,(H,37,44). The number of carbonyl (C=O) groups is 5. The highest BCUT2D eigenvalue weighted by atomic mass is 16.2. The van der Waals surface area contributed by atoms with Crippen LogP contribution in [0.25, 0.3) is 66.1 Å². The molecule has 0 aliphatic carbocycles. The van der Waals surface area contributed by atoms with E-state index in [2.05, 4.69) is 224 Å². The summed E-state index contributed by atoms with van der Waals surface area (Å²) >= 11 is 0.